The molecule has 0 aromatic heterocycles. The fraction of sp³-hybridized carbons (Fsp3) is 0.238. The molecule has 0 N–H and O–H groups in total. The molecule has 152 valence electrons. The number of hydrogen-bond donors (Lipinski definition) is 0. The molecule has 3 rings (SSSR count). The summed E-state index contributed by atoms with van der Waals surface area (Å²) in [6, 6.07) is 11.2. The molecule has 0 radical (unpaired) electrons. The van der Waals surface area contributed by atoms with Gasteiger partial charge in [0, 0.05) is 17.1 Å². The van der Waals surface area contributed by atoms with Crippen molar-refractivity contribution in [1.29, 1.82) is 0 Å². The lowest BCUT2D eigenvalue weighted by atomic mass is 10.1. The molecule has 0 bridgehead atoms. The minimum atomic E-state index is -0.269. The molecule has 2 amide bonds. The lowest BCUT2D eigenvalue weighted by Crippen LogP contribution is -2.27. The number of benzene rings is 2. The zero-order valence-corrected chi connectivity index (χ0v) is 19.6. The SMILES string of the molecule is CCOc1cc(/C=C2/SC(=O)N(CC)C2=O)cc(I)c1OCc1ccccc1Cl. The Kier molecular flexibility index (Phi) is 7.48. The normalized spacial score (nSPS) is 15.3. The number of thioether (sulfide) groups is 1. The Morgan fingerprint density at radius 2 is 1.93 bits per heavy atom. The number of ether oxygens (including phenoxy) is 2. The average Bonchev–Trinajstić information content (AvgIpc) is 2.95. The van der Waals surface area contributed by atoms with Crippen LogP contribution in [0.5, 0.6) is 11.5 Å². The molecule has 1 aliphatic heterocycles. The first-order valence-corrected chi connectivity index (χ1v) is 11.3. The summed E-state index contributed by atoms with van der Waals surface area (Å²) in [7, 11) is 0. The van der Waals surface area contributed by atoms with Gasteiger partial charge in [0.2, 0.25) is 0 Å². The second-order valence-electron chi connectivity index (χ2n) is 6.07. The van der Waals surface area contributed by atoms with Gasteiger partial charge >= 0.3 is 0 Å². The first kappa shape index (κ1) is 22.0. The number of imide groups is 1. The molecule has 0 unspecified atom stereocenters. The van der Waals surface area contributed by atoms with Crippen molar-refractivity contribution in [1.82, 2.24) is 4.90 Å². The quantitative estimate of drug-likeness (QED) is 0.318. The molecule has 1 saturated heterocycles. The second-order valence-corrected chi connectivity index (χ2v) is 8.63. The number of nitrogens with zero attached hydrogens (tertiary/aromatic N) is 1. The van der Waals surface area contributed by atoms with Gasteiger partial charge in [0.1, 0.15) is 6.61 Å². The Balaban J connectivity index is 1.89. The van der Waals surface area contributed by atoms with E-state index in [-0.39, 0.29) is 11.1 Å². The van der Waals surface area contributed by atoms with Gasteiger partial charge in [-0.1, -0.05) is 29.8 Å². The number of carbonyl (C=O) groups is 2. The average molecular weight is 544 g/mol. The molecule has 2 aromatic carbocycles. The summed E-state index contributed by atoms with van der Waals surface area (Å²) in [6.07, 6.45) is 1.71. The molecular formula is C21H19ClINO4S. The van der Waals surface area contributed by atoms with Crippen molar-refractivity contribution in [2.75, 3.05) is 13.2 Å². The fourth-order valence-corrected chi connectivity index (χ4v) is 4.64. The predicted molar refractivity (Wildman–Crippen MR) is 124 cm³/mol. The smallest absolute Gasteiger partial charge is 0.293 e. The molecule has 8 heteroatoms. The first-order chi connectivity index (χ1) is 13.9. The van der Waals surface area contributed by atoms with Gasteiger partial charge in [-0.3, -0.25) is 14.5 Å². The Labute approximate surface area is 192 Å². The fourth-order valence-electron chi connectivity index (χ4n) is 2.76. The minimum absolute atomic E-state index is 0.247. The van der Waals surface area contributed by atoms with Crippen LogP contribution in [-0.2, 0) is 11.4 Å². The van der Waals surface area contributed by atoms with Crippen LogP contribution in [0.2, 0.25) is 5.02 Å². The van der Waals surface area contributed by atoms with Gasteiger partial charge in [0.15, 0.2) is 11.5 Å². The molecule has 0 spiro atoms. The number of hydrogen-bond acceptors (Lipinski definition) is 5. The van der Waals surface area contributed by atoms with Crippen molar-refractivity contribution in [3.8, 4) is 11.5 Å². The number of carbonyl (C=O) groups excluding carboxylic acids is 2. The molecule has 0 aliphatic carbocycles. The van der Waals surface area contributed by atoms with Gasteiger partial charge < -0.3 is 9.47 Å². The van der Waals surface area contributed by atoms with Crippen LogP contribution >= 0.6 is 46.0 Å². The summed E-state index contributed by atoms with van der Waals surface area (Å²) in [6.45, 7) is 4.81. The maximum atomic E-state index is 12.4. The van der Waals surface area contributed by atoms with Crippen LogP contribution in [-0.4, -0.2) is 29.2 Å². The number of rotatable bonds is 7. The maximum Gasteiger partial charge on any atom is 0.293 e. The van der Waals surface area contributed by atoms with Gasteiger partial charge in [-0.05, 0) is 78.0 Å². The lowest BCUT2D eigenvalue weighted by molar-refractivity contribution is -0.122. The lowest BCUT2D eigenvalue weighted by Gasteiger charge is -2.15. The summed E-state index contributed by atoms with van der Waals surface area (Å²) in [5, 5.41) is 0.395. The van der Waals surface area contributed by atoms with E-state index in [9.17, 15) is 9.59 Å². The molecule has 1 fully saturated rings. The van der Waals surface area contributed by atoms with Gasteiger partial charge in [-0.2, -0.15) is 0 Å². The summed E-state index contributed by atoms with van der Waals surface area (Å²) in [5.41, 5.74) is 1.65. The molecule has 29 heavy (non-hydrogen) atoms. The Morgan fingerprint density at radius 1 is 1.17 bits per heavy atom. The van der Waals surface area contributed by atoms with E-state index in [0.29, 0.717) is 41.2 Å². The minimum Gasteiger partial charge on any atom is -0.490 e. The van der Waals surface area contributed by atoms with Crippen molar-refractivity contribution in [2.45, 2.75) is 20.5 Å². The topological polar surface area (TPSA) is 55.8 Å². The highest BCUT2D eigenvalue weighted by Gasteiger charge is 2.33. The number of likely N-dealkylation sites (N-methyl/N-ethyl adjacent to an activating group) is 1. The van der Waals surface area contributed by atoms with Crippen LogP contribution in [0.25, 0.3) is 6.08 Å². The highest BCUT2D eigenvalue weighted by molar-refractivity contribution is 14.1. The number of halogens is 2. The van der Waals surface area contributed by atoms with Crippen molar-refractivity contribution in [3.05, 3.63) is 61.0 Å². The van der Waals surface area contributed by atoms with Crippen molar-refractivity contribution in [3.63, 3.8) is 0 Å². The monoisotopic (exact) mass is 543 g/mol. The van der Waals surface area contributed by atoms with E-state index in [1.165, 1.54) is 4.90 Å². The third-order valence-corrected chi connectivity index (χ3v) is 6.23. The van der Waals surface area contributed by atoms with Crippen LogP contribution in [0.1, 0.15) is 25.0 Å². The Hall–Kier alpha value is -1.71. The molecule has 5 nitrogen and oxygen atoms in total. The molecule has 1 heterocycles. The van der Waals surface area contributed by atoms with Gasteiger partial charge in [-0.25, -0.2) is 0 Å². The van der Waals surface area contributed by atoms with Gasteiger partial charge in [0.25, 0.3) is 11.1 Å². The Bertz CT molecular complexity index is 979. The van der Waals surface area contributed by atoms with Crippen LogP contribution in [0, 0.1) is 3.57 Å². The summed E-state index contributed by atoms with van der Waals surface area (Å²) < 4.78 is 12.6. The van der Waals surface area contributed by atoms with E-state index in [2.05, 4.69) is 22.6 Å². The van der Waals surface area contributed by atoms with E-state index >= 15 is 0 Å². The van der Waals surface area contributed by atoms with E-state index in [1.54, 1.807) is 13.0 Å². The summed E-state index contributed by atoms with van der Waals surface area (Å²) in [4.78, 5) is 25.9. The largest absolute Gasteiger partial charge is 0.490 e. The highest BCUT2D eigenvalue weighted by atomic mass is 127. The zero-order chi connectivity index (χ0) is 21.0. The summed E-state index contributed by atoms with van der Waals surface area (Å²) >= 11 is 9.34. The van der Waals surface area contributed by atoms with Crippen molar-refractivity contribution >= 4 is 63.2 Å². The van der Waals surface area contributed by atoms with E-state index < -0.39 is 0 Å². The molecule has 1 aliphatic rings. The van der Waals surface area contributed by atoms with E-state index in [1.807, 2.05) is 43.3 Å². The molecule has 0 atom stereocenters. The first-order valence-electron chi connectivity index (χ1n) is 9.02. The van der Waals surface area contributed by atoms with Crippen LogP contribution < -0.4 is 9.47 Å². The van der Waals surface area contributed by atoms with Gasteiger partial charge in [0.05, 0.1) is 15.1 Å². The van der Waals surface area contributed by atoms with Crippen molar-refractivity contribution in [2.24, 2.45) is 0 Å². The zero-order valence-electron chi connectivity index (χ0n) is 15.9. The predicted octanol–water partition coefficient (Wildman–Crippen LogP) is 5.98. The highest BCUT2D eigenvalue weighted by Crippen LogP contribution is 2.38. The molecule has 2 aromatic rings. The van der Waals surface area contributed by atoms with Crippen LogP contribution in [0.15, 0.2) is 41.3 Å². The number of amides is 2. The molecule has 0 saturated carbocycles. The summed E-state index contributed by atoms with van der Waals surface area (Å²) in [5.74, 6) is 0.924. The Morgan fingerprint density at radius 3 is 2.59 bits per heavy atom. The second kappa shape index (κ2) is 9.86. The third kappa shape index (κ3) is 5.07. The van der Waals surface area contributed by atoms with E-state index in [0.717, 1.165) is 26.5 Å². The van der Waals surface area contributed by atoms with E-state index in [4.69, 9.17) is 21.1 Å². The maximum absolute atomic E-state index is 12.4. The third-order valence-electron chi connectivity index (χ3n) is 4.15. The van der Waals surface area contributed by atoms with Gasteiger partial charge in [-0.15, -0.1) is 0 Å². The molecular weight excluding hydrogens is 525 g/mol. The van der Waals surface area contributed by atoms with Crippen LogP contribution in [0.3, 0.4) is 0 Å². The van der Waals surface area contributed by atoms with Crippen LogP contribution in [0.4, 0.5) is 4.79 Å². The standard InChI is InChI=1S/C21H19ClINO4S/c1-3-24-20(25)18(29-21(24)26)11-13-9-16(23)19(17(10-13)27-4-2)28-12-14-7-5-6-8-15(14)22/h5-11H,3-4,12H2,1-2H3/b18-11+. The van der Waals surface area contributed by atoms with Crippen molar-refractivity contribution < 1.29 is 19.1 Å².